The van der Waals surface area contributed by atoms with Crippen molar-refractivity contribution in [1.82, 2.24) is 15.0 Å². The molecule has 0 unspecified atom stereocenters. The molecule has 3 amide bonds. The monoisotopic (exact) mass is 499 g/mol. The lowest BCUT2D eigenvalue weighted by Gasteiger charge is -2.38. The molecule has 2 aromatic rings. The molecule has 0 spiro atoms. The van der Waals surface area contributed by atoms with E-state index in [1.54, 1.807) is 36.9 Å². The molecule has 4 rings (SSSR count). The first kappa shape index (κ1) is 26.0. The fourth-order valence-electron chi connectivity index (χ4n) is 4.58. The van der Waals surface area contributed by atoms with Crippen LogP contribution in [0.15, 0.2) is 22.7 Å². The van der Waals surface area contributed by atoms with Crippen LogP contribution in [0.1, 0.15) is 48.5 Å². The van der Waals surface area contributed by atoms with Gasteiger partial charge in [0.25, 0.3) is 5.91 Å². The molecular weight excluding hydrogens is 462 g/mol. The third kappa shape index (κ3) is 5.99. The predicted molar refractivity (Wildman–Crippen MR) is 136 cm³/mol. The summed E-state index contributed by atoms with van der Waals surface area (Å²) < 4.78 is 11.5. The van der Waals surface area contributed by atoms with E-state index in [0.29, 0.717) is 40.7 Å². The number of aromatic nitrogens is 1. The maximum Gasteiger partial charge on any atom is 0.323 e. The van der Waals surface area contributed by atoms with Gasteiger partial charge in [-0.15, -0.1) is 0 Å². The SMILES string of the molecule is Cc1noc(C)c1NC(=O)Nc1ccc2c(c1)C(=O)N([C@H](C)CO)C[C@H](C)[C@H](CN(C)CC1CC1)O2. The van der Waals surface area contributed by atoms with Gasteiger partial charge in [0.2, 0.25) is 0 Å². The Balaban J connectivity index is 1.57. The number of aryl methyl sites for hydroxylation is 2. The van der Waals surface area contributed by atoms with Crippen LogP contribution in [-0.4, -0.2) is 77.4 Å². The molecule has 2 aliphatic rings. The third-order valence-electron chi connectivity index (χ3n) is 6.95. The highest BCUT2D eigenvalue weighted by molar-refractivity contribution is 6.03. The number of aliphatic hydroxyl groups excluding tert-OH is 1. The molecule has 1 aromatic heterocycles. The minimum atomic E-state index is -0.475. The van der Waals surface area contributed by atoms with Crippen LogP contribution in [0.4, 0.5) is 16.2 Å². The van der Waals surface area contributed by atoms with E-state index in [2.05, 4.69) is 34.7 Å². The summed E-state index contributed by atoms with van der Waals surface area (Å²) in [6.45, 7) is 9.48. The van der Waals surface area contributed by atoms with Gasteiger partial charge in [-0.25, -0.2) is 4.79 Å². The summed E-state index contributed by atoms with van der Waals surface area (Å²) in [5, 5.41) is 19.2. The first-order valence-corrected chi connectivity index (χ1v) is 12.6. The van der Waals surface area contributed by atoms with Gasteiger partial charge in [0.15, 0.2) is 5.76 Å². The van der Waals surface area contributed by atoms with Crippen LogP contribution in [0.5, 0.6) is 5.75 Å². The largest absolute Gasteiger partial charge is 0.488 e. The number of nitrogens with one attached hydrogen (secondary N) is 2. The van der Waals surface area contributed by atoms with Gasteiger partial charge in [0.05, 0.1) is 18.2 Å². The van der Waals surface area contributed by atoms with Crippen molar-refractivity contribution in [3.05, 3.63) is 35.2 Å². The Hall–Kier alpha value is -3.11. The average molecular weight is 500 g/mol. The van der Waals surface area contributed by atoms with Crippen molar-refractivity contribution in [3.8, 4) is 5.75 Å². The van der Waals surface area contributed by atoms with E-state index in [1.807, 2.05) is 6.92 Å². The zero-order valence-electron chi connectivity index (χ0n) is 21.7. The van der Waals surface area contributed by atoms with E-state index in [9.17, 15) is 14.7 Å². The lowest BCUT2D eigenvalue weighted by molar-refractivity contribution is 0.0344. The van der Waals surface area contributed by atoms with Gasteiger partial charge in [-0.3, -0.25) is 4.79 Å². The van der Waals surface area contributed by atoms with E-state index >= 15 is 0 Å². The van der Waals surface area contributed by atoms with Crippen molar-refractivity contribution >= 4 is 23.3 Å². The first-order chi connectivity index (χ1) is 17.2. The predicted octanol–water partition coefficient (Wildman–Crippen LogP) is 3.50. The number of aliphatic hydroxyl groups is 1. The van der Waals surface area contributed by atoms with Gasteiger partial charge >= 0.3 is 6.03 Å². The number of anilines is 2. The Morgan fingerprint density at radius 1 is 1.28 bits per heavy atom. The highest BCUT2D eigenvalue weighted by Gasteiger charge is 2.34. The third-order valence-corrected chi connectivity index (χ3v) is 6.95. The summed E-state index contributed by atoms with van der Waals surface area (Å²) in [7, 11) is 2.11. The molecule has 1 aliphatic heterocycles. The molecule has 10 heteroatoms. The van der Waals surface area contributed by atoms with Crippen molar-refractivity contribution in [1.29, 1.82) is 0 Å². The van der Waals surface area contributed by atoms with Crippen molar-refractivity contribution in [3.63, 3.8) is 0 Å². The van der Waals surface area contributed by atoms with Crippen LogP contribution in [0.2, 0.25) is 0 Å². The molecule has 2 heterocycles. The Bertz CT molecular complexity index is 1080. The lowest BCUT2D eigenvalue weighted by Crippen LogP contribution is -2.50. The molecule has 1 fully saturated rings. The molecule has 1 aromatic carbocycles. The van der Waals surface area contributed by atoms with Gasteiger partial charge in [0, 0.05) is 31.2 Å². The maximum absolute atomic E-state index is 13.6. The molecule has 1 saturated carbocycles. The first-order valence-electron chi connectivity index (χ1n) is 12.6. The highest BCUT2D eigenvalue weighted by atomic mass is 16.5. The van der Waals surface area contributed by atoms with Crippen molar-refractivity contribution in [2.24, 2.45) is 11.8 Å². The zero-order chi connectivity index (χ0) is 26.0. The number of benzene rings is 1. The van der Waals surface area contributed by atoms with Crippen LogP contribution >= 0.6 is 0 Å². The number of amides is 3. The summed E-state index contributed by atoms with van der Waals surface area (Å²) in [4.78, 5) is 30.2. The number of nitrogens with zero attached hydrogens (tertiary/aromatic N) is 3. The summed E-state index contributed by atoms with van der Waals surface area (Å²) in [5.41, 5.74) is 1.88. The number of rotatable bonds is 8. The standard InChI is InChI=1S/C26H37N5O5/c1-15-11-31(16(2)14-32)25(33)21-10-20(27-26(34)28-24-17(3)29-36-18(24)4)8-9-22(21)35-23(15)13-30(5)12-19-6-7-19/h8-10,15-16,19,23,32H,6-7,11-14H2,1-5H3,(H2,27,28,34)/t15-,16+,23-/m0/s1. The Labute approximate surface area is 211 Å². The number of fused-ring (bicyclic) bond motifs is 1. The van der Waals surface area contributed by atoms with Crippen LogP contribution in [-0.2, 0) is 0 Å². The number of urea groups is 1. The molecule has 3 atom stereocenters. The number of hydrogen-bond donors (Lipinski definition) is 3. The second kappa shape index (κ2) is 10.9. The summed E-state index contributed by atoms with van der Waals surface area (Å²) in [5.74, 6) is 1.58. The van der Waals surface area contributed by atoms with Crippen LogP contribution in [0, 0.1) is 25.7 Å². The number of likely N-dealkylation sites (N-methyl/N-ethyl adjacent to an activating group) is 1. The van der Waals surface area contributed by atoms with Gasteiger partial charge < -0.3 is 34.8 Å². The average Bonchev–Trinajstić information content (AvgIpc) is 3.60. The summed E-state index contributed by atoms with van der Waals surface area (Å²) in [6.07, 6.45) is 2.43. The van der Waals surface area contributed by atoms with Crippen molar-refractivity contribution in [2.75, 3.05) is 43.9 Å². The minimum absolute atomic E-state index is 0.0661. The highest BCUT2D eigenvalue weighted by Crippen LogP contribution is 2.32. The van der Waals surface area contributed by atoms with E-state index in [0.717, 1.165) is 19.0 Å². The Kier molecular flexibility index (Phi) is 7.85. The van der Waals surface area contributed by atoms with Crippen molar-refractivity contribution in [2.45, 2.75) is 52.7 Å². The van der Waals surface area contributed by atoms with Gasteiger partial charge in [0.1, 0.15) is 23.2 Å². The molecule has 3 N–H and O–H groups in total. The van der Waals surface area contributed by atoms with E-state index in [1.165, 1.54) is 12.8 Å². The number of carbonyl (C=O) groups excluding carboxylic acids is 2. The van der Waals surface area contributed by atoms with Crippen LogP contribution in [0.25, 0.3) is 0 Å². The van der Waals surface area contributed by atoms with Gasteiger partial charge in [-0.05, 0) is 64.8 Å². The smallest absolute Gasteiger partial charge is 0.323 e. The Morgan fingerprint density at radius 3 is 2.67 bits per heavy atom. The van der Waals surface area contributed by atoms with Gasteiger partial charge in [-0.2, -0.15) is 0 Å². The number of hydrogen-bond acceptors (Lipinski definition) is 7. The van der Waals surface area contributed by atoms with E-state index < -0.39 is 6.03 Å². The van der Waals surface area contributed by atoms with E-state index in [4.69, 9.17) is 9.26 Å². The molecule has 0 saturated heterocycles. The Morgan fingerprint density at radius 2 is 2.03 bits per heavy atom. The summed E-state index contributed by atoms with van der Waals surface area (Å²) >= 11 is 0. The second-order valence-corrected chi connectivity index (χ2v) is 10.3. The molecule has 196 valence electrons. The van der Waals surface area contributed by atoms with Crippen LogP contribution < -0.4 is 15.4 Å². The number of ether oxygens (including phenoxy) is 1. The maximum atomic E-state index is 13.6. The minimum Gasteiger partial charge on any atom is -0.488 e. The number of carbonyl (C=O) groups is 2. The molecule has 0 bridgehead atoms. The molecule has 0 radical (unpaired) electrons. The van der Waals surface area contributed by atoms with E-state index in [-0.39, 0.29) is 30.6 Å². The fourth-order valence-corrected chi connectivity index (χ4v) is 4.58. The molecular formula is C26H37N5O5. The molecule has 10 nitrogen and oxygen atoms in total. The van der Waals surface area contributed by atoms with Crippen LogP contribution in [0.3, 0.4) is 0 Å². The molecule has 36 heavy (non-hydrogen) atoms. The lowest BCUT2D eigenvalue weighted by atomic mass is 9.99. The fraction of sp³-hybridized carbons (Fsp3) is 0.577. The van der Waals surface area contributed by atoms with Gasteiger partial charge in [-0.1, -0.05) is 12.1 Å². The summed E-state index contributed by atoms with van der Waals surface area (Å²) in [6, 6.07) is 4.25. The topological polar surface area (TPSA) is 120 Å². The normalized spacial score (nSPS) is 20.9. The second-order valence-electron chi connectivity index (χ2n) is 10.3. The molecule has 1 aliphatic carbocycles. The quantitative estimate of drug-likeness (QED) is 0.508. The zero-order valence-corrected chi connectivity index (χ0v) is 21.7. The van der Waals surface area contributed by atoms with Crippen molar-refractivity contribution < 1.29 is 24.0 Å².